The van der Waals surface area contributed by atoms with Gasteiger partial charge in [0.2, 0.25) is 0 Å². The average Bonchev–Trinajstić information content (AvgIpc) is 2.05. The van der Waals surface area contributed by atoms with Gasteiger partial charge >= 0.3 is 5.97 Å². The van der Waals surface area contributed by atoms with Crippen molar-refractivity contribution in [2.75, 3.05) is 20.3 Å². The summed E-state index contributed by atoms with van der Waals surface area (Å²) in [5.41, 5.74) is 5.68. The Balaban J connectivity index is 3.66. The molecule has 70 valence electrons. The Morgan fingerprint density at radius 1 is 1.67 bits per heavy atom. The fourth-order valence-electron chi connectivity index (χ4n) is 0.524. The molecule has 0 bridgehead atoms. The van der Waals surface area contributed by atoms with Crippen LogP contribution < -0.4 is 5.73 Å². The summed E-state index contributed by atoms with van der Waals surface area (Å²) in [4.78, 5) is 10.9. The van der Waals surface area contributed by atoms with Gasteiger partial charge in [-0.3, -0.25) is 0 Å². The van der Waals surface area contributed by atoms with Crippen molar-refractivity contribution in [1.82, 2.24) is 0 Å². The minimum absolute atomic E-state index is 0.179. The van der Waals surface area contributed by atoms with Crippen LogP contribution in [0.25, 0.3) is 0 Å². The zero-order valence-corrected chi connectivity index (χ0v) is 7.50. The van der Waals surface area contributed by atoms with Crippen LogP contribution >= 0.6 is 0 Å². The summed E-state index contributed by atoms with van der Waals surface area (Å²) < 4.78 is 9.70. The standard InChI is InChI=1S/C8H15NO3/c1-6(2)8(10)12-5-7(4-9)11-3/h7H,1,4-5,9H2,2-3H3. The Bertz CT molecular complexity index is 164. The minimum Gasteiger partial charge on any atom is -0.460 e. The first-order valence-electron chi connectivity index (χ1n) is 3.67. The first-order chi connectivity index (χ1) is 5.61. The summed E-state index contributed by atoms with van der Waals surface area (Å²) in [6.45, 7) is 5.54. The molecule has 0 aromatic rings. The first-order valence-corrected chi connectivity index (χ1v) is 3.67. The lowest BCUT2D eigenvalue weighted by atomic mass is 10.3. The van der Waals surface area contributed by atoms with Gasteiger partial charge in [0, 0.05) is 19.2 Å². The second kappa shape index (κ2) is 5.74. The Morgan fingerprint density at radius 2 is 2.25 bits per heavy atom. The molecule has 0 fully saturated rings. The van der Waals surface area contributed by atoms with E-state index in [1.165, 1.54) is 7.11 Å². The lowest BCUT2D eigenvalue weighted by Crippen LogP contribution is -2.28. The van der Waals surface area contributed by atoms with Gasteiger partial charge in [0.1, 0.15) is 12.7 Å². The smallest absolute Gasteiger partial charge is 0.333 e. The third-order valence-corrected chi connectivity index (χ3v) is 1.35. The van der Waals surface area contributed by atoms with Crippen LogP contribution in [0.4, 0.5) is 0 Å². The molecule has 0 heterocycles. The second-order valence-electron chi connectivity index (χ2n) is 2.47. The van der Waals surface area contributed by atoms with Crippen molar-refractivity contribution in [3.8, 4) is 0 Å². The molecule has 4 nitrogen and oxygen atoms in total. The van der Waals surface area contributed by atoms with E-state index in [9.17, 15) is 4.79 Å². The quantitative estimate of drug-likeness (QED) is 0.472. The Hall–Kier alpha value is -0.870. The highest BCUT2D eigenvalue weighted by Crippen LogP contribution is 1.95. The average molecular weight is 173 g/mol. The highest BCUT2D eigenvalue weighted by Gasteiger charge is 2.08. The van der Waals surface area contributed by atoms with Gasteiger partial charge in [-0.15, -0.1) is 0 Å². The number of nitrogens with two attached hydrogens (primary N) is 1. The Kier molecular flexibility index (Phi) is 5.32. The van der Waals surface area contributed by atoms with Crippen LogP contribution in [0.2, 0.25) is 0 Å². The molecule has 0 saturated heterocycles. The number of hydrogen-bond donors (Lipinski definition) is 1. The van der Waals surface area contributed by atoms with E-state index < -0.39 is 5.97 Å². The summed E-state index contributed by atoms with van der Waals surface area (Å²) in [6, 6.07) is 0. The number of ether oxygens (including phenoxy) is 2. The van der Waals surface area contributed by atoms with Gasteiger partial charge in [0.25, 0.3) is 0 Å². The maximum atomic E-state index is 10.9. The van der Waals surface area contributed by atoms with Gasteiger partial charge in [0.05, 0.1) is 0 Å². The molecule has 0 aromatic carbocycles. The molecule has 0 amide bonds. The summed E-state index contributed by atoms with van der Waals surface area (Å²) >= 11 is 0. The van der Waals surface area contributed by atoms with E-state index in [-0.39, 0.29) is 12.7 Å². The largest absolute Gasteiger partial charge is 0.460 e. The van der Waals surface area contributed by atoms with E-state index in [4.69, 9.17) is 15.2 Å². The third-order valence-electron chi connectivity index (χ3n) is 1.35. The van der Waals surface area contributed by atoms with E-state index in [1.807, 2.05) is 0 Å². The van der Waals surface area contributed by atoms with E-state index in [1.54, 1.807) is 6.92 Å². The molecular formula is C8H15NO3. The van der Waals surface area contributed by atoms with Crippen LogP contribution in [0, 0.1) is 0 Å². The van der Waals surface area contributed by atoms with E-state index in [2.05, 4.69) is 6.58 Å². The predicted octanol–water partition coefficient (Wildman–Crippen LogP) is 0.0794. The van der Waals surface area contributed by atoms with Gasteiger partial charge in [-0.25, -0.2) is 4.79 Å². The maximum absolute atomic E-state index is 10.9. The van der Waals surface area contributed by atoms with Crippen LogP contribution in [-0.2, 0) is 14.3 Å². The first kappa shape index (κ1) is 11.1. The molecule has 0 aromatic heterocycles. The highest BCUT2D eigenvalue weighted by molar-refractivity contribution is 5.86. The second-order valence-corrected chi connectivity index (χ2v) is 2.47. The van der Waals surface area contributed by atoms with E-state index in [0.29, 0.717) is 12.1 Å². The molecule has 2 N–H and O–H groups in total. The van der Waals surface area contributed by atoms with Crippen LogP contribution in [0.5, 0.6) is 0 Å². The van der Waals surface area contributed by atoms with Crippen LogP contribution in [0.3, 0.4) is 0 Å². The number of hydrogen-bond acceptors (Lipinski definition) is 4. The zero-order valence-electron chi connectivity index (χ0n) is 7.50. The monoisotopic (exact) mass is 173 g/mol. The zero-order chi connectivity index (χ0) is 9.56. The SMILES string of the molecule is C=C(C)C(=O)OCC(CN)OC. The topological polar surface area (TPSA) is 61.5 Å². The summed E-state index contributed by atoms with van der Waals surface area (Å²) in [5.74, 6) is -0.412. The number of rotatable bonds is 5. The molecule has 12 heavy (non-hydrogen) atoms. The molecule has 1 unspecified atom stereocenters. The van der Waals surface area contributed by atoms with E-state index in [0.717, 1.165) is 0 Å². The molecule has 0 aliphatic heterocycles. The van der Waals surface area contributed by atoms with Crippen molar-refractivity contribution in [3.05, 3.63) is 12.2 Å². The molecule has 0 aliphatic rings. The summed E-state index contributed by atoms with van der Waals surface area (Å²) in [6.07, 6.45) is -0.228. The van der Waals surface area contributed by atoms with Crippen molar-refractivity contribution < 1.29 is 14.3 Å². The van der Waals surface area contributed by atoms with Crippen molar-refractivity contribution >= 4 is 5.97 Å². The minimum atomic E-state index is -0.412. The molecule has 0 saturated carbocycles. The van der Waals surface area contributed by atoms with Crippen molar-refractivity contribution in [1.29, 1.82) is 0 Å². The molecule has 0 rings (SSSR count). The number of carbonyl (C=O) groups is 1. The van der Waals surface area contributed by atoms with Gasteiger partial charge in [0.15, 0.2) is 0 Å². The van der Waals surface area contributed by atoms with Crippen molar-refractivity contribution in [2.45, 2.75) is 13.0 Å². The molecule has 4 heteroatoms. The summed E-state index contributed by atoms with van der Waals surface area (Å²) in [7, 11) is 1.52. The highest BCUT2D eigenvalue weighted by atomic mass is 16.6. The van der Waals surface area contributed by atoms with E-state index >= 15 is 0 Å². The van der Waals surface area contributed by atoms with Gasteiger partial charge in [-0.2, -0.15) is 0 Å². The lowest BCUT2D eigenvalue weighted by Gasteiger charge is -2.12. The van der Waals surface area contributed by atoms with Crippen LogP contribution in [0.15, 0.2) is 12.2 Å². The number of esters is 1. The third kappa shape index (κ3) is 4.10. The van der Waals surface area contributed by atoms with Gasteiger partial charge in [-0.1, -0.05) is 6.58 Å². The van der Waals surface area contributed by atoms with Gasteiger partial charge < -0.3 is 15.2 Å². The molecular weight excluding hydrogens is 158 g/mol. The molecule has 1 atom stereocenters. The Labute approximate surface area is 72.3 Å². The van der Waals surface area contributed by atoms with Crippen LogP contribution in [-0.4, -0.2) is 32.3 Å². The maximum Gasteiger partial charge on any atom is 0.333 e. The fraction of sp³-hybridized carbons (Fsp3) is 0.625. The van der Waals surface area contributed by atoms with Crippen molar-refractivity contribution in [3.63, 3.8) is 0 Å². The van der Waals surface area contributed by atoms with Crippen LogP contribution in [0.1, 0.15) is 6.92 Å². The van der Waals surface area contributed by atoms with Crippen molar-refractivity contribution in [2.24, 2.45) is 5.73 Å². The lowest BCUT2D eigenvalue weighted by molar-refractivity contribution is -0.142. The predicted molar refractivity (Wildman–Crippen MR) is 45.6 cm³/mol. The molecule has 0 spiro atoms. The summed E-state index contributed by atoms with van der Waals surface area (Å²) in [5, 5.41) is 0. The molecule has 0 aliphatic carbocycles. The number of carbonyl (C=O) groups excluding carboxylic acids is 1. The Morgan fingerprint density at radius 3 is 2.58 bits per heavy atom. The fourth-order valence-corrected chi connectivity index (χ4v) is 0.524. The molecule has 0 radical (unpaired) electrons. The van der Waals surface area contributed by atoms with Gasteiger partial charge in [-0.05, 0) is 6.92 Å². The number of methoxy groups -OCH3 is 1. The normalized spacial score (nSPS) is 12.2.